The molecule has 324 valence electrons. The second kappa shape index (κ2) is 15.0. The highest BCUT2D eigenvalue weighted by Crippen LogP contribution is 2.47. The van der Waals surface area contributed by atoms with Crippen molar-refractivity contribution in [3.8, 4) is 17.0 Å². The molecule has 3 N–H and O–H groups in total. The van der Waals surface area contributed by atoms with Gasteiger partial charge in [0, 0.05) is 82.1 Å². The Morgan fingerprint density at radius 3 is 2.46 bits per heavy atom. The zero-order valence-corrected chi connectivity index (χ0v) is 34.0. The van der Waals surface area contributed by atoms with E-state index in [1.165, 1.54) is 28.0 Å². The summed E-state index contributed by atoms with van der Waals surface area (Å²) in [7, 11) is 0. The average Bonchev–Trinajstić information content (AvgIpc) is 3.55. The van der Waals surface area contributed by atoms with E-state index in [0.29, 0.717) is 44.1 Å². The van der Waals surface area contributed by atoms with Gasteiger partial charge in [0.15, 0.2) is 22.9 Å². The number of fused-ring (bicyclic) bond motifs is 4. The number of hydrogen-bond donors (Lipinski definition) is 3. The van der Waals surface area contributed by atoms with Gasteiger partial charge in [0.25, 0.3) is 5.91 Å². The number of halogens is 4. The number of alkyl halides is 3. The van der Waals surface area contributed by atoms with Crippen LogP contribution in [0.4, 0.5) is 39.5 Å². The number of aromatic nitrogens is 2. The van der Waals surface area contributed by atoms with Gasteiger partial charge in [0.2, 0.25) is 11.8 Å². The molecule has 1 aromatic heterocycles. The molecule has 0 aliphatic carbocycles. The first kappa shape index (κ1) is 40.7. The van der Waals surface area contributed by atoms with Crippen molar-refractivity contribution in [1.29, 1.82) is 0 Å². The number of nitrogens with one attached hydrogen (secondary N) is 2. The maximum Gasteiger partial charge on any atom is 0.415 e. The molecule has 2 aromatic carbocycles. The molecule has 6 aliphatic rings. The Balaban J connectivity index is 0.813. The topological polar surface area (TPSA) is 158 Å². The second-order valence-electron chi connectivity index (χ2n) is 17.7. The molecule has 7 heterocycles. The fraction of sp³-hybridized carbons (Fsp3) is 0.524. The van der Waals surface area contributed by atoms with Crippen LogP contribution in [0.25, 0.3) is 11.3 Å². The molecule has 15 nitrogen and oxygen atoms in total. The number of aromatic hydroxyl groups is 1. The summed E-state index contributed by atoms with van der Waals surface area (Å²) >= 11 is 0. The smallest absolute Gasteiger partial charge is 0.415 e. The number of phenolic OH excluding ortho intramolecular Hbond substituents is 1. The highest BCUT2D eigenvalue weighted by Gasteiger charge is 2.63. The van der Waals surface area contributed by atoms with Crippen LogP contribution in [0.1, 0.15) is 55.5 Å². The number of rotatable bonds is 5. The van der Waals surface area contributed by atoms with Crippen LogP contribution in [-0.4, -0.2) is 147 Å². The first-order valence-electron chi connectivity index (χ1n) is 20.8. The number of benzene rings is 2. The number of carbonyl (C=O) groups is 4. The number of amides is 5. The molecule has 0 bridgehead atoms. The number of urea groups is 1. The summed E-state index contributed by atoms with van der Waals surface area (Å²) in [5.74, 6) is -2.01. The number of piperazine rings is 2. The minimum Gasteiger partial charge on any atom is -0.504 e. The van der Waals surface area contributed by atoms with Crippen LogP contribution in [0.5, 0.6) is 5.75 Å². The van der Waals surface area contributed by atoms with Crippen LogP contribution in [0.2, 0.25) is 0 Å². The Kier molecular flexibility index (Phi) is 10.0. The SMILES string of the molecule is CC1(C)CN(CC2CCN(c3ccc4c(c3)C(=O)N([C@H]3CCC(=O)NC3=O)C4)CC2)CCN1C(=O)N1CCN2c3cc(-c4cccc(F)c4O)nnc3NCC2(C(F)(F)F)C1. The molecule has 4 saturated heterocycles. The van der Waals surface area contributed by atoms with Gasteiger partial charge in [-0.25, -0.2) is 9.18 Å². The molecule has 0 spiro atoms. The van der Waals surface area contributed by atoms with Gasteiger partial charge < -0.3 is 34.9 Å². The van der Waals surface area contributed by atoms with Crippen molar-refractivity contribution in [2.24, 2.45) is 5.92 Å². The highest BCUT2D eigenvalue weighted by atomic mass is 19.4. The number of nitrogens with zero attached hydrogens (tertiary/aromatic N) is 8. The summed E-state index contributed by atoms with van der Waals surface area (Å²) < 4.78 is 60.0. The number of carbonyl (C=O) groups excluding carboxylic acids is 4. The minimum atomic E-state index is -4.76. The van der Waals surface area contributed by atoms with E-state index in [1.54, 1.807) is 9.80 Å². The van der Waals surface area contributed by atoms with Gasteiger partial charge in [0.05, 0.1) is 30.0 Å². The molecule has 9 rings (SSSR count). The summed E-state index contributed by atoms with van der Waals surface area (Å²) in [6, 6.07) is 9.98. The van der Waals surface area contributed by atoms with E-state index in [0.717, 1.165) is 49.8 Å². The molecule has 2 atom stereocenters. The van der Waals surface area contributed by atoms with E-state index in [4.69, 9.17) is 0 Å². The van der Waals surface area contributed by atoms with Gasteiger partial charge in [-0.1, -0.05) is 12.1 Å². The average molecular weight is 849 g/mol. The van der Waals surface area contributed by atoms with Crippen LogP contribution in [0.3, 0.4) is 0 Å². The molecular weight excluding hydrogens is 801 g/mol. The maximum absolute atomic E-state index is 15.3. The fourth-order valence-electron chi connectivity index (χ4n) is 10.1. The Morgan fingerprint density at radius 2 is 1.72 bits per heavy atom. The van der Waals surface area contributed by atoms with Crippen LogP contribution < -0.4 is 20.4 Å². The largest absolute Gasteiger partial charge is 0.504 e. The van der Waals surface area contributed by atoms with Crippen molar-refractivity contribution in [3.05, 3.63) is 59.4 Å². The van der Waals surface area contributed by atoms with Gasteiger partial charge >= 0.3 is 12.2 Å². The van der Waals surface area contributed by atoms with Crippen molar-refractivity contribution in [2.75, 3.05) is 80.6 Å². The van der Waals surface area contributed by atoms with Gasteiger partial charge in [0.1, 0.15) is 6.04 Å². The summed E-state index contributed by atoms with van der Waals surface area (Å²) in [5, 5.41) is 23.6. The number of anilines is 3. The third-order valence-corrected chi connectivity index (χ3v) is 13.5. The van der Waals surface area contributed by atoms with E-state index in [-0.39, 0.29) is 54.1 Å². The first-order chi connectivity index (χ1) is 29.0. The third-order valence-electron chi connectivity index (χ3n) is 13.5. The predicted octanol–water partition coefficient (Wildman–Crippen LogP) is 4.03. The van der Waals surface area contributed by atoms with Crippen LogP contribution >= 0.6 is 0 Å². The Hall–Kier alpha value is -5.72. The lowest BCUT2D eigenvalue weighted by Crippen LogP contribution is -2.75. The van der Waals surface area contributed by atoms with Gasteiger partial charge in [-0.05, 0) is 74.9 Å². The fourth-order valence-corrected chi connectivity index (χ4v) is 10.1. The Morgan fingerprint density at radius 1 is 0.934 bits per heavy atom. The number of imide groups is 1. The van der Waals surface area contributed by atoms with Crippen LogP contribution in [0, 0.1) is 11.7 Å². The van der Waals surface area contributed by atoms with E-state index < -0.39 is 59.9 Å². The zero-order valence-electron chi connectivity index (χ0n) is 34.0. The quantitative estimate of drug-likeness (QED) is 0.252. The standard InChI is InChI=1S/C42H48F4N10O5/c1-40(2)23-51(20-25-10-12-52(13-11-25)27-7-6-26-21-54(38(60)29(26)18-27)32-8-9-34(57)48-37(32)59)14-16-56(40)39(61)53-15-17-55-33-19-31(28-4-3-5-30(43)35(28)58)49-50-36(33)47-22-41(55,24-53)42(44,45)46/h3-7,18-19,25,32,58H,8-17,20-24H2,1-2H3,(H,47,50)(H,48,57,59)/t32-,41?/m0/s1. The highest BCUT2D eigenvalue weighted by molar-refractivity contribution is 6.05. The van der Waals surface area contributed by atoms with Crippen LogP contribution in [0.15, 0.2) is 42.5 Å². The van der Waals surface area contributed by atoms with Crippen molar-refractivity contribution in [1.82, 2.24) is 35.1 Å². The lowest BCUT2D eigenvalue weighted by Gasteiger charge is -2.56. The van der Waals surface area contributed by atoms with Crippen molar-refractivity contribution in [3.63, 3.8) is 0 Å². The molecule has 19 heteroatoms. The lowest BCUT2D eigenvalue weighted by atomic mass is 9.89. The maximum atomic E-state index is 15.3. The van der Waals surface area contributed by atoms with Gasteiger partial charge in [-0.15, -0.1) is 10.2 Å². The van der Waals surface area contributed by atoms with Crippen molar-refractivity contribution in [2.45, 2.75) is 69.4 Å². The number of hydrogen-bond acceptors (Lipinski definition) is 11. The van der Waals surface area contributed by atoms with Crippen LogP contribution in [-0.2, 0) is 16.1 Å². The van der Waals surface area contributed by atoms with Crippen molar-refractivity contribution >= 4 is 40.9 Å². The lowest BCUT2D eigenvalue weighted by molar-refractivity contribution is -0.191. The van der Waals surface area contributed by atoms with Gasteiger partial charge in [-0.2, -0.15) is 13.2 Å². The van der Waals surface area contributed by atoms with Gasteiger partial charge in [-0.3, -0.25) is 24.6 Å². The summed E-state index contributed by atoms with van der Waals surface area (Å²) in [5.41, 5.74) is -0.631. The number of para-hydroxylation sites is 1. The predicted molar refractivity (Wildman–Crippen MR) is 215 cm³/mol. The summed E-state index contributed by atoms with van der Waals surface area (Å²) in [6.45, 7) is 6.87. The van der Waals surface area contributed by atoms with E-state index >= 15 is 13.2 Å². The molecule has 0 radical (unpaired) electrons. The molecule has 4 fully saturated rings. The monoisotopic (exact) mass is 848 g/mol. The minimum absolute atomic E-state index is 0.00405. The first-order valence-corrected chi connectivity index (χ1v) is 20.8. The molecule has 0 saturated carbocycles. The second-order valence-corrected chi connectivity index (χ2v) is 17.7. The zero-order chi connectivity index (χ0) is 43.0. The molecule has 61 heavy (non-hydrogen) atoms. The van der Waals surface area contributed by atoms with Crippen molar-refractivity contribution < 1.29 is 41.8 Å². The molecule has 6 aliphatic heterocycles. The number of phenols is 1. The van der Waals surface area contributed by atoms with E-state index in [9.17, 15) is 28.7 Å². The molecule has 1 unspecified atom stereocenters. The third kappa shape index (κ3) is 7.13. The molecular formula is C42H48F4N10O5. The molecule has 3 aromatic rings. The van der Waals surface area contributed by atoms with E-state index in [2.05, 4.69) is 30.6 Å². The number of piperidine rings is 2. The summed E-state index contributed by atoms with van der Waals surface area (Å²) in [4.78, 5) is 62.1. The molecule has 5 amide bonds. The Labute approximate surface area is 349 Å². The summed E-state index contributed by atoms with van der Waals surface area (Å²) in [6.07, 6.45) is -2.40. The Bertz CT molecular complexity index is 2290. The normalized spacial score (nSPS) is 24.6. The van der Waals surface area contributed by atoms with E-state index in [1.807, 2.05) is 32.0 Å².